The topological polar surface area (TPSA) is 24.5 Å². The summed E-state index contributed by atoms with van der Waals surface area (Å²) in [4.78, 5) is 2.59. The van der Waals surface area contributed by atoms with Gasteiger partial charge in [-0.2, -0.15) is 0 Å². The second-order valence-corrected chi connectivity index (χ2v) is 6.05. The molecule has 1 fully saturated rings. The van der Waals surface area contributed by atoms with E-state index in [1.165, 1.54) is 17.5 Å². The van der Waals surface area contributed by atoms with Crippen LogP contribution in [-0.4, -0.2) is 43.8 Å². The molecule has 1 saturated heterocycles. The molecule has 1 heterocycles. The molecular weight excluding hydrogens is 260 g/mol. The third kappa shape index (κ3) is 4.80. The number of morpholine rings is 1. The van der Waals surface area contributed by atoms with E-state index >= 15 is 0 Å². The fraction of sp³-hybridized carbons (Fsp3) is 0.667. The molecule has 1 aliphatic rings. The number of hydrogen-bond acceptors (Lipinski definition) is 3. The summed E-state index contributed by atoms with van der Waals surface area (Å²) < 4.78 is 5.63. The molecule has 1 N–H and O–H groups in total. The Kier molecular flexibility index (Phi) is 6.68. The Labute approximate surface area is 129 Å². The van der Waals surface area contributed by atoms with Crippen LogP contribution in [0, 0.1) is 6.92 Å². The predicted octanol–water partition coefficient (Wildman–Crippen LogP) is 3.15. The van der Waals surface area contributed by atoms with E-state index in [1.54, 1.807) is 0 Å². The van der Waals surface area contributed by atoms with E-state index in [4.69, 9.17) is 4.74 Å². The summed E-state index contributed by atoms with van der Waals surface area (Å²) in [6.07, 6.45) is 2.33. The first-order valence-corrected chi connectivity index (χ1v) is 8.36. The molecule has 2 unspecified atom stereocenters. The van der Waals surface area contributed by atoms with Gasteiger partial charge in [-0.25, -0.2) is 0 Å². The molecule has 2 rings (SSSR count). The van der Waals surface area contributed by atoms with Crippen molar-refractivity contribution in [1.82, 2.24) is 10.2 Å². The molecule has 21 heavy (non-hydrogen) atoms. The van der Waals surface area contributed by atoms with Crippen LogP contribution in [0.3, 0.4) is 0 Å². The number of rotatable bonds is 7. The minimum absolute atomic E-state index is 0.415. The number of ether oxygens (including phenoxy) is 1. The van der Waals surface area contributed by atoms with Gasteiger partial charge in [-0.05, 0) is 31.9 Å². The minimum atomic E-state index is 0.415. The first-order chi connectivity index (χ1) is 10.2. The molecule has 3 heteroatoms. The van der Waals surface area contributed by atoms with Crippen LogP contribution in [0.15, 0.2) is 24.3 Å². The largest absolute Gasteiger partial charge is 0.378 e. The van der Waals surface area contributed by atoms with E-state index in [0.717, 1.165) is 39.3 Å². The van der Waals surface area contributed by atoms with Crippen LogP contribution in [0.25, 0.3) is 0 Å². The summed E-state index contributed by atoms with van der Waals surface area (Å²) in [6.45, 7) is 11.6. The first-order valence-electron chi connectivity index (χ1n) is 8.36. The van der Waals surface area contributed by atoms with Crippen molar-refractivity contribution in [1.29, 1.82) is 0 Å². The second-order valence-electron chi connectivity index (χ2n) is 6.05. The van der Waals surface area contributed by atoms with E-state index in [-0.39, 0.29) is 0 Å². The van der Waals surface area contributed by atoms with Gasteiger partial charge in [0.15, 0.2) is 0 Å². The SMILES string of the molecule is CCCNC(CN1CCOCC1CC)c1ccc(C)cc1. The van der Waals surface area contributed by atoms with Gasteiger partial charge in [0.1, 0.15) is 0 Å². The maximum absolute atomic E-state index is 5.63. The summed E-state index contributed by atoms with van der Waals surface area (Å²) in [5.74, 6) is 0. The summed E-state index contributed by atoms with van der Waals surface area (Å²) in [5.41, 5.74) is 2.72. The van der Waals surface area contributed by atoms with Crippen molar-refractivity contribution < 1.29 is 4.74 Å². The zero-order valence-electron chi connectivity index (χ0n) is 13.8. The highest BCUT2D eigenvalue weighted by molar-refractivity contribution is 5.24. The van der Waals surface area contributed by atoms with Crippen LogP contribution in [0.4, 0.5) is 0 Å². The number of nitrogens with one attached hydrogen (secondary N) is 1. The lowest BCUT2D eigenvalue weighted by Gasteiger charge is -2.37. The summed E-state index contributed by atoms with van der Waals surface area (Å²) in [7, 11) is 0. The van der Waals surface area contributed by atoms with Gasteiger partial charge in [0.2, 0.25) is 0 Å². The van der Waals surface area contributed by atoms with Crippen LogP contribution in [0.2, 0.25) is 0 Å². The number of aryl methyl sites for hydroxylation is 1. The minimum Gasteiger partial charge on any atom is -0.378 e. The highest BCUT2D eigenvalue weighted by Gasteiger charge is 2.24. The summed E-state index contributed by atoms with van der Waals surface area (Å²) in [5, 5.41) is 3.71. The Bertz CT molecular complexity index is 404. The molecule has 0 aromatic heterocycles. The lowest BCUT2D eigenvalue weighted by Crippen LogP contribution is -2.48. The van der Waals surface area contributed by atoms with Gasteiger partial charge in [-0.1, -0.05) is 43.7 Å². The molecule has 1 aliphatic heterocycles. The van der Waals surface area contributed by atoms with Crippen molar-refractivity contribution in [2.45, 2.75) is 45.7 Å². The van der Waals surface area contributed by atoms with E-state index in [9.17, 15) is 0 Å². The Morgan fingerprint density at radius 2 is 2.05 bits per heavy atom. The predicted molar refractivity (Wildman–Crippen MR) is 88.7 cm³/mol. The van der Waals surface area contributed by atoms with Crippen LogP contribution in [0.5, 0.6) is 0 Å². The Balaban J connectivity index is 2.06. The van der Waals surface area contributed by atoms with Crippen molar-refractivity contribution in [2.24, 2.45) is 0 Å². The molecule has 0 amide bonds. The second kappa shape index (κ2) is 8.52. The van der Waals surface area contributed by atoms with Crippen LogP contribution in [-0.2, 0) is 4.74 Å². The number of hydrogen-bond donors (Lipinski definition) is 1. The van der Waals surface area contributed by atoms with E-state index < -0.39 is 0 Å². The fourth-order valence-electron chi connectivity index (χ4n) is 2.95. The van der Waals surface area contributed by atoms with Crippen LogP contribution < -0.4 is 5.32 Å². The third-order valence-corrected chi connectivity index (χ3v) is 4.36. The Morgan fingerprint density at radius 3 is 2.71 bits per heavy atom. The number of benzene rings is 1. The third-order valence-electron chi connectivity index (χ3n) is 4.36. The standard InChI is InChI=1S/C18H30N2O/c1-4-10-19-18(16-8-6-15(3)7-9-16)13-20-11-12-21-14-17(20)5-2/h6-9,17-19H,4-5,10-14H2,1-3H3. The van der Waals surface area contributed by atoms with E-state index in [2.05, 4.69) is 55.3 Å². The molecule has 3 nitrogen and oxygen atoms in total. The van der Waals surface area contributed by atoms with Gasteiger partial charge in [0.05, 0.1) is 13.2 Å². The Morgan fingerprint density at radius 1 is 1.29 bits per heavy atom. The van der Waals surface area contributed by atoms with E-state index in [0.29, 0.717) is 12.1 Å². The molecule has 1 aromatic carbocycles. The van der Waals surface area contributed by atoms with Crippen molar-refractivity contribution in [3.05, 3.63) is 35.4 Å². The average Bonchev–Trinajstić information content (AvgIpc) is 2.52. The van der Waals surface area contributed by atoms with Crippen molar-refractivity contribution in [3.8, 4) is 0 Å². The van der Waals surface area contributed by atoms with Crippen molar-refractivity contribution in [3.63, 3.8) is 0 Å². The van der Waals surface area contributed by atoms with Crippen molar-refractivity contribution in [2.75, 3.05) is 32.8 Å². The molecule has 1 aromatic rings. The van der Waals surface area contributed by atoms with Crippen molar-refractivity contribution >= 4 is 0 Å². The highest BCUT2D eigenvalue weighted by atomic mass is 16.5. The van der Waals surface area contributed by atoms with Crippen LogP contribution >= 0.6 is 0 Å². The molecule has 0 saturated carbocycles. The van der Waals surface area contributed by atoms with Gasteiger partial charge >= 0.3 is 0 Å². The average molecular weight is 290 g/mol. The molecule has 0 aliphatic carbocycles. The van der Waals surface area contributed by atoms with Gasteiger partial charge in [0, 0.05) is 25.2 Å². The van der Waals surface area contributed by atoms with Gasteiger partial charge in [0.25, 0.3) is 0 Å². The molecular formula is C18H30N2O. The zero-order chi connectivity index (χ0) is 15.1. The number of nitrogens with zero attached hydrogens (tertiary/aromatic N) is 1. The first kappa shape index (κ1) is 16.5. The smallest absolute Gasteiger partial charge is 0.0622 e. The molecule has 0 spiro atoms. The van der Waals surface area contributed by atoms with Gasteiger partial charge in [-0.15, -0.1) is 0 Å². The molecule has 2 atom stereocenters. The normalized spacial score (nSPS) is 21.4. The van der Waals surface area contributed by atoms with Gasteiger partial charge < -0.3 is 10.1 Å². The zero-order valence-corrected chi connectivity index (χ0v) is 13.8. The summed E-state index contributed by atoms with van der Waals surface area (Å²) >= 11 is 0. The maximum atomic E-state index is 5.63. The summed E-state index contributed by atoms with van der Waals surface area (Å²) in [6, 6.07) is 9.95. The molecule has 118 valence electrons. The maximum Gasteiger partial charge on any atom is 0.0622 e. The highest BCUT2D eigenvalue weighted by Crippen LogP contribution is 2.19. The lowest BCUT2D eigenvalue weighted by atomic mass is 10.0. The Hall–Kier alpha value is -0.900. The van der Waals surface area contributed by atoms with E-state index in [1.807, 2.05) is 0 Å². The fourth-order valence-corrected chi connectivity index (χ4v) is 2.95. The lowest BCUT2D eigenvalue weighted by molar-refractivity contribution is -0.0127. The molecule has 0 bridgehead atoms. The van der Waals surface area contributed by atoms with Gasteiger partial charge in [-0.3, -0.25) is 4.90 Å². The monoisotopic (exact) mass is 290 g/mol. The quantitative estimate of drug-likeness (QED) is 0.835. The van der Waals surface area contributed by atoms with Crippen LogP contribution in [0.1, 0.15) is 43.9 Å². The molecule has 0 radical (unpaired) electrons.